The van der Waals surface area contributed by atoms with E-state index in [1.807, 2.05) is 12.1 Å². The summed E-state index contributed by atoms with van der Waals surface area (Å²) in [6, 6.07) is 3.92. The van der Waals surface area contributed by atoms with Crippen molar-refractivity contribution in [1.82, 2.24) is 5.32 Å². The summed E-state index contributed by atoms with van der Waals surface area (Å²) in [6.45, 7) is 11.3. The molecule has 0 saturated heterocycles. The molecule has 0 unspecified atom stereocenters. The van der Waals surface area contributed by atoms with E-state index in [1.165, 1.54) is 0 Å². The van der Waals surface area contributed by atoms with Crippen LogP contribution in [0.15, 0.2) is 16.5 Å². The number of furan rings is 1. The fraction of sp³-hybridized carbons (Fsp3) is 0.692. The molecule has 0 bridgehead atoms. The first-order chi connectivity index (χ1) is 7.45. The van der Waals surface area contributed by atoms with Gasteiger partial charge in [-0.05, 0) is 23.5 Å². The Balaban J connectivity index is 2.35. The summed E-state index contributed by atoms with van der Waals surface area (Å²) < 4.78 is 5.52. The Kier molecular flexibility index (Phi) is 4.56. The zero-order valence-electron chi connectivity index (χ0n) is 10.8. The van der Waals surface area contributed by atoms with E-state index in [0.29, 0.717) is 17.9 Å². The van der Waals surface area contributed by atoms with Crippen molar-refractivity contribution in [3.8, 4) is 0 Å². The van der Waals surface area contributed by atoms with Crippen LogP contribution >= 0.6 is 0 Å². The van der Waals surface area contributed by atoms with Crippen LogP contribution in [0.5, 0.6) is 0 Å². The third kappa shape index (κ3) is 3.65. The van der Waals surface area contributed by atoms with Gasteiger partial charge in [-0.1, -0.05) is 27.7 Å². The highest BCUT2D eigenvalue weighted by molar-refractivity contribution is 5.06. The second kappa shape index (κ2) is 5.51. The third-order valence-electron chi connectivity index (χ3n) is 3.36. The van der Waals surface area contributed by atoms with E-state index in [9.17, 15) is 0 Å². The van der Waals surface area contributed by atoms with Gasteiger partial charge in [-0.15, -0.1) is 0 Å². The van der Waals surface area contributed by atoms with Gasteiger partial charge in [0.05, 0.1) is 13.1 Å². The zero-order valence-corrected chi connectivity index (χ0v) is 10.8. The minimum absolute atomic E-state index is 0.309. The number of hydrogen-bond acceptors (Lipinski definition) is 3. The fourth-order valence-electron chi connectivity index (χ4n) is 1.34. The van der Waals surface area contributed by atoms with Gasteiger partial charge in [0, 0.05) is 6.54 Å². The molecule has 92 valence electrons. The lowest BCUT2D eigenvalue weighted by molar-refractivity contribution is 0.235. The quantitative estimate of drug-likeness (QED) is 0.780. The molecule has 16 heavy (non-hydrogen) atoms. The molecule has 0 aromatic carbocycles. The lowest BCUT2D eigenvalue weighted by atomic mass is 9.81. The maximum Gasteiger partial charge on any atom is 0.118 e. The Morgan fingerprint density at radius 3 is 2.44 bits per heavy atom. The van der Waals surface area contributed by atoms with Crippen molar-refractivity contribution in [1.29, 1.82) is 0 Å². The zero-order chi connectivity index (χ0) is 12.2. The molecule has 0 saturated carbocycles. The SMILES string of the molecule is CC(C)C(C)(C)CNCc1ccc(CN)o1. The second-order valence-electron chi connectivity index (χ2n) is 5.32. The molecule has 1 heterocycles. The van der Waals surface area contributed by atoms with Gasteiger partial charge in [0.15, 0.2) is 0 Å². The van der Waals surface area contributed by atoms with Crippen LogP contribution in [0.4, 0.5) is 0 Å². The Labute approximate surface area is 98.4 Å². The van der Waals surface area contributed by atoms with E-state index in [1.54, 1.807) is 0 Å². The van der Waals surface area contributed by atoms with Crippen molar-refractivity contribution in [3.05, 3.63) is 23.7 Å². The predicted molar refractivity (Wildman–Crippen MR) is 66.9 cm³/mol. The van der Waals surface area contributed by atoms with Gasteiger partial charge >= 0.3 is 0 Å². The molecule has 0 radical (unpaired) electrons. The average Bonchev–Trinajstić information content (AvgIpc) is 2.65. The molecule has 1 aromatic rings. The van der Waals surface area contributed by atoms with Crippen LogP contribution < -0.4 is 11.1 Å². The molecule has 0 aliphatic rings. The molecule has 0 atom stereocenters. The van der Waals surface area contributed by atoms with Crippen molar-refractivity contribution in [3.63, 3.8) is 0 Å². The summed E-state index contributed by atoms with van der Waals surface area (Å²) in [5.41, 5.74) is 5.80. The maximum absolute atomic E-state index is 5.52. The van der Waals surface area contributed by atoms with Crippen molar-refractivity contribution < 1.29 is 4.42 Å². The standard InChI is InChI=1S/C13H24N2O/c1-10(2)13(3,4)9-15-8-12-6-5-11(7-14)16-12/h5-6,10,15H,7-9,14H2,1-4H3. The summed E-state index contributed by atoms with van der Waals surface area (Å²) in [7, 11) is 0. The maximum atomic E-state index is 5.52. The van der Waals surface area contributed by atoms with Crippen LogP contribution in [0.1, 0.15) is 39.2 Å². The normalized spacial score (nSPS) is 12.4. The summed E-state index contributed by atoms with van der Waals surface area (Å²) >= 11 is 0. The van der Waals surface area contributed by atoms with E-state index < -0.39 is 0 Å². The van der Waals surface area contributed by atoms with E-state index in [2.05, 4.69) is 33.0 Å². The summed E-state index contributed by atoms with van der Waals surface area (Å²) in [5, 5.41) is 3.43. The van der Waals surface area contributed by atoms with Gasteiger partial charge in [-0.3, -0.25) is 0 Å². The summed E-state index contributed by atoms with van der Waals surface area (Å²) in [6.07, 6.45) is 0. The highest BCUT2D eigenvalue weighted by Gasteiger charge is 2.21. The van der Waals surface area contributed by atoms with Gasteiger partial charge < -0.3 is 15.5 Å². The molecule has 3 heteroatoms. The van der Waals surface area contributed by atoms with E-state index in [-0.39, 0.29) is 0 Å². The van der Waals surface area contributed by atoms with Crippen LogP contribution in [0.25, 0.3) is 0 Å². The number of nitrogens with two attached hydrogens (primary N) is 1. The Bertz CT molecular complexity index is 315. The number of nitrogens with one attached hydrogen (secondary N) is 1. The molecule has 3 N–H and O–H groups in total. The molecule has 1 rings (SSSR count). The Hall–Kier alpha value is -0.800. The fourth-order valence-corrected chi connectivity index (χ4v) is 1.34. The number of hydrogen-bond donors (Lipinski definition) is 2. The van der Waals surface area contributed by atoms with Gasteiger partial charge in [0.2, 0.25) is 0 Å². The van der Waals surface area contributed by atoms with E-state index in [4.69, 9.17) is 10.2 Å². The van der Waals surface area contributed by atoms with Crippen molar-refractivity contribution in [2.24, 2.45) is 17.1 Å². The number of rotatable bonds is 6. The van der Waals surface area contributed by atoms with E-state index in [0.717, 1.165) is 24.6 Å². The van der Waals surface area contributed by atoms with Gasteiger partial charge in [-0.2, -0.15) is 0 Å². The molecule has 0 spiro atoms. The lowest BCUT2D eigenvalue weighted by Gasteiger charge is -2.29. The van der Waals surface area contributed by atoms with Gasteiger partial charge in [-0.25, -0.2) is 0 Å². The molecule has 1 aromatic heterocycles. The first-order valence-corrected chi connectivity index (χ1v) is 5.94. The molecule has 0 fully saturated rings. The highest BCUT2D eigenvalue weighted by Crippen LogP contribution is 2.24. The van der Waals surface area contributed by atoms with Crippen molar-refractivity contribution in [2.45, 2.75) is 40.8 Å². The Morgan fingerprint density at radius 2 is 1.94 bits per heavy atom. The minimum atomic E-state index is 0.309. The first-order valence-electron chi connectivity index (χ1n) is 5.94. The lowest BCUT2D eigenvalue weighted by Crippen LogP contribution is -2.33. The monoisotopic (exact) mass is 224 g/mol. The molecular formula is C13H24N2O. The molecule has 0 aliphatic carbocycles. The smallest absolute Gasteiger partial charge is 0.118 e. The molecule has 0 aliphatic heterocycles. The average molecular weight is 224 g/mol. The first kappa shape index (κ1) is 13.3. The van der Waals surface area contributed by atoms with Crippen LogP contribution in [0.2, 0.25) is 0 Å². The van der Waals surface area contributed by atoms with Crippen molar-refractivity contribution in [2.75, 3.05) is 6.54 Å². The second-order valence-corrected chi connectivity index (χ2v) is 5.32. The van der Waals surface area contributed by atoms with Crippen LogP contribution in [0, 0.1) is 11.3 Å². The predicted octanol–water partition coefficient (Wildman–Crippen LogP) is 2.51. The molecule has 3 nitrogen and oxygen atoms in total. The molecular weight excluding hydrogens is 200 g/mol. The summed E-state index contributed by atoms with van der Waals surface area (Å²) in [5.74, 6) is 2.47. The van der Waals surface area contributed by atoms with E-state index >= 15 is 0 Å². The van der Waals surface area contributed by atoms with Crippen LogP contribution in [-0.2, 0) is 13.1 Å². The van der Waals surface area contributed by atoms with Gasteiger partial charge in [0.1, 0.15) is 11.5 Å². The van der Waals surface area contributed by atoms with Crippen LogP contribution in [-0.4, -0.2) is 6.54 Å². The van der Waals surface area contributed by atoms with Crippen LogP contribution in [0.3, 0.4) is 0 Å². The third-order valence-corrected chi connectivity index (χ3v) is 3.36. The topological polar surface area (TPSA) is 51.2 Å². The largest absolute Gasteiger partial charge is 0.463 e. The molecule has 0 amide bonds. The highest BCUT2D eigenvalue weighted by atomic mass is 16.3. The van der Waals surface area contributed by atoms with Gasteiger partial charge in [0.25, 0.3) is 0 Å². The van der Waals surface area contributed by atoms with Crippen molar-refractivity contribution >= 4 is 0 Å². The Morgan fingerprint density at radius 1 is 1.31 bits per heavy atom. The minimum Gasteiger partial charge on any atom is -0.463 e. The summed E-state index contributed by atoms with van der Waals surface area (Å²) in [4.78, 5) is 0.